The Kier molecular flexibility index (Phi) is 6.13. The third kappa shape index (κ3) is 4.16. The smallest absolute Gasteiger partial charge is 0.338 e. The number of ether oxygens (including phenoxy) is 3. The van der Waals surface area contributed by atoms with Gasteiger partial charge in [0.15, 0.2) is 16.6 Å². The van der Waals surface area contributed by atoms with Crippen LogP contribution < -0.4 is 20.1 Å². The van der Waals surface area contributed by atoms with Gasteiger partial charge in [0.25, 0.3) is 0 Å². The van der Waals surface area contributed by atoms with Crippen molar-refractivity contribution in [3.63, 3.8) is 0 Å². The molecule has 0 unspecified atom stereocenters. The van der Waals surface area contributed by atoms with E-state index in [1.165, 1.54) is 14.2 Å². The predicted molar refractivity (Wildman–Crippen MR) is 100 cm³/mol. The SMILES string of the molecule is COc1cc([C@H]2NC(=S)NC(C)=C2C(=O)OC(C)C)cc(Cl)c1OC. The van der Waals surface area contributed by atoms with Crippen LogP contribution in [0.25, 0.3) is 0 Å². The van der Waals surface area contributed by atoms with E-state index in [2.05, 4.69) is 10.6 Å². The quantitative estimate of drug-likeness (QED) is 0.597. The maximum absolute atomic E-state index is 12.6. The molecule has 1 aromatic rings. The molecule has 0 bridgehead atoms. The second-order valence-corrected chi connectivity index (χ2v) is 6.58. The van der Waals surface area contributed by atoms with E-state index in [0.717, 1.165) is 0 Å². The van der Waals surface area contributed by atoms with Gasteiger partial charge in [0.05, 0.1) is 37.0 Å². The summed E-state index contributed by atoms with van der Waals surface area (Å²) in [5, 5.41) is 6.83. The number of hydrogen-bond donors (Lipinski definition) is 2. The second-order valence-electron chi connectivity index (χ2n) is 5.76. The van der Waals surface area contributed by atoms with Crippen LogP contribution in [0.3, 0.4) is 0 Å². The highest BCUT2D eigenvalue weighted by Crippen LogP contribution is 2.39. The first kappa shape index (κ1) is 19.3. The summed E-state index contributed by atoms with van der Waals surface area (Å²) < 4.78 is 16.0. The molecule has 0 fully saturated rings. The van der Waals surface area contributed by atoms with Crippen molar-refractivity contribution in [2.75, 3.05) is 14.2 Å². The van der Waals surface area contributed by atoms with Crippen molar-refractivity contribution < 1.29 is 19.0 Å². The Balaban J connectivity index is 2.54. The Bertz CT molecular complexity index is 734. The number of carbonyl (C=O) groups excluding carboxylic acids is 1. The number of carbonyl (C=O) groups is 1. The molecular weight excluding hydrogens is 364 g/mol. The van der Waals surface area contributed by atoms with Gasteiger partial charge in [-0.3, -0.25) is 0 Å². The highest BCUT2D eigenvalue weighted by molar-refractivity contribution is 7.80. The molecule has 1 aliphatic heterocycles. The molecule has 25 heavy (non-hydrogen) atoms. The number of thiocarbonyl (C=S) groups is 1. The highest BCUT2D eigenvalue weighted by Gasteiger charge is 2.32. The van der Waals surface area contributed by atoms with Crippen LogP contribution in [-0.2, 0) is 9.53 Å². The lowest BCUT2D eigenvalue weighted by molar-refractivity contribution is -0.143. The molecule has 1 atom stereocenters. The third-order valence-corrected chi connectivity index (χ3v) is 4.12. The largest absolute Gasteiger partial charge is 0.493 e. The Morgan fingerprint density at radius 1 is 1.28 bits per heavy atom. The summed E-state index contributed by atoms with van der Waals surface area (Å²) in [5.74, 6) is 0.466. The molecule has 0 radical (unpaired) electrons. The predicted octanol–water partition coefficient (Wildman–Crippen LogP) is 3.10. The number of halogens is 1. The van der Waals surface area contributed by atoms with Gasteiger partial charge in [0, 0.05) is 5.70 Å². The fourth-order valence-electron chi connectivity index (χ4n) is 2.60. The fourth-order valence-corrected chi connectivity index (χ4v) is 3.16. The molecule has 6 nitrogen and oxygen atoms in total. The minimum Gasteiger partial charge on any atom is -0.493 e. The second kappa shape index (κ2) is 7.93. The van der Waals surface area contributed by atoms with Crippen LogP contribution in [0.5, 0.6) is 11.5 Å². The van der Waals surface area contributed by atoms with E-state index in [1.54, 1.807) is 32.9 Å². The standard InChI is InChI=1S/C17H21ClN2O4S/c1-8(2)24-16(21)13-9(3)19-17(25)20-14(13)10-6-11(18)15(23-5)12(7-10)22-4/h6-8,14H,1-5H3,(H2,19,20,25)/t14-/m1/s1. The third-order valence-electron chi connectivity index (χ3n) is 3.62. The number of rotatable bonds is 5. The van der Waals surface area contributed by atoms with Crippen molar-refractivity contribution in [1.29, 1.82) is 0 Å². The molecule has 2 rings (SSSR count). The van der Waals surface area contributed by atoms with Gasteiger partial charge >= 0.3 is 5.97 Å². The Hall–Kier alpha value is -1.99. The van der Waals surface area contributed by atoms with Crippen LogP contribution in [0.1, 0.15) is 32.4 Å². The summed E-state index contributed by atoms with van der Waals surface area (Å²) in [6.45, 7) is 5.37. The topological polar surface area (TPSA) is 68.8 Å². The lowest BCUT2D eigenvalue weighted by atomic mass is 9.95. The molecule has 0 aromatic heterocycles. The fraction of sp³-hybridized carbons (Fsp3) is 0.412. The molecule has 1 aliphatic rings. The highest BCUT2D eigenvalue weighted by atomic mass is 35.5. The van der Waals surface area contributed by atoms with E-state index in [-0.39, 0.29) is 6.10 Å². The normalized spacial score (nSPS) is 17.1. The molecule has 136 valence electrons. The molecule has 8 heteroatoms. The molecule has 0 spiro atoms. The van der Waals surface area contributed by atoms with Crippen LogP contribution in [0.2, 0.25) is 5.02 Å². The van der Waals surface area contributed by atoms with E-state index in [0.29, 0.717) is 38.5 Å². The van der Waals surface area contributed by atoms with Gasteiger partial charge in [-0.15, -0.1) is 0 Å². The number of benzene rings is 1. The first-order valence-electron chi connectivity index (χ1n) is 7.69. The molecule has 0 aliphatic carbocycles. The van der Waals surface area contributed by atoms with Crippen LogP contribution in [0, 0.1) is 0 Å². The van der Waals surface area contributed by atoms with Crippen molar-refractivity contribution >= 4 is 34.9 Å². The van der Waals surface area contributed by atoms with Gasteiger partial charge < -0.3 is 24.8 Å². The van der Waals surface area contributed by atoms with Crippen molar-refractivity contribution in [2.24, 2.45) is 0 Å². The molecule has 2 N–H and O–H groups in total. The Labute approximate surface area is 157 Å². The molecule has 0 amide bonds. The summed E-state index contributed by atoms with van der Waals surface area (Å²) in [5.41, 5.74) is 1.78. The lowest BCUT2D eigenvalue weighted by Crippen LogP contribution is -2.45. The maximum Gasteiger partial charge on any atom is 0.338 e. The number of methoxy groups -OCH3 is 2. The lowest BCUT2D eigenvalue weighted by Gasteiger charge is -2.30. The van der Waals surface area contributed by atoms with Gasteiger partial charge in [-0.25, -0.2) is 4.79 Å². The summed E-state index contributed by atoms with van der Waals surface area (Å²) >= 11 is 11.5. The minimum atomic E-state index is -0.516. The van der Waals surface area contributed by atoms with E-state index >= 15 is 0 Å². The average molecular weight is 385 g/mol. The zero-order valence-electron chi connectivity index (χ0n) is 14.7. The summed E-state index contributed by atoms with van der Waals surface area (Å²) in [6.07, 6.45) is -0.240. The zero-order chi connectivity index (χ0) is 18.7. The van der Waals surface area contributed by atoms with Crippen molar-refractivity contribution in [3.05, 3.63) is 34.0 Å². The number of hydrogen-bond acceptors (Lipinski definition) is 5. The van der Waals surface area contributed by atoms with Crippen molar-refractivity contribution in [1.82, 2.24) is 10.6 Å². The molecule has 0 saturated heterocycles. The number of nitrogens with one attached hydrogen (secondary N) is 2. The van der Waals surface area contributed by atoms with E-state index < -0.39 is 12.0 Å². The number of esters is 1. The molecule has 1 heterocycles. The van der Waals surface area contributed by atoms with Gasteiger partial charge in [0.1, 0.15) is 0 Å². The maximum atomic E-state index is 12.6. The first-order valence-corrected chi connectivity index (χ1v) is 8.47. The van der Waals surface area contributed by atoms with Crippen LogP contribution in [0.15, 0.2) is 23.4 Å². The van der Waals surface area contributed by atoms with E-state index in [9.17, 15) is 4.79 Å². The minimum absolute atomic E-state index is 0.240. The molecule has 0 saturated carbocycles. The van der Waals surface area contributed by atoms with E-state index in [1.807, 2.05) is 0 Å². The monoisotopic (exact) mass is 384 g/mol. The average Bonchev–Trinajstić information content (AvgIpc) is 2.52. The first-order chi connectivity index (χ1) is 11.8. The molecule has 1 aromatic carbocycles. The van der Waals surface area contributed by atoms with Crippen LogP contribution in [0.4, 0.5) is 0 Å². The van der Waals surface area contributed by atoms with Gasteiger partial charge in [-0.2, -0.15) is 0 Å². The van der Waals surface area contributed by atoms with Crippen molar-refractivity contribution in [2.45, 2.75) is 32.9 Å². The van der Waals surface area contributed by atoms with Crippen LogP contribution in [-0.4, -0.2) is 31.4 Å². The van der Waals surface area contributed by atoms with Crippen molar-refractivity contribution in [3.8, 4) is 11.5 Å². The zero-order valence-corrected chi connectivity index (χ0v) is 16.3. The van der Waals surface area contributed by atoms with Gasteiger partial charge in [-0.05, 0) is 50.7 Å². The van der Waals surface area contributed by atoms with Gasteiger partial charge in [-0.1, -0.05) is 11.6 Å². The number of allylic oxidation sites excluding steroid dienone is 1. The Morgan fingerprint density at radius 2 is 1.96 bits per heavy atom. The summed E-state index contributed by atoms with van der Waals surface area (Å²) in [6, 6.07) is 2.95. The van der Waals surface area contributed by atoms with Crippen LogP contribution >= 0.6 is 23.8 Å². The van der Waals surface area contributed by atoms with E-state index in [4.69, 9.17) is 38.0 Å². The molecular formula is C17H21ClN2O4S. The summed E-state index contributed by atoms with van der Waals surface area (Å²) in [7, 11) is 3.03. The Morgan fingerprint density at radius 3 is 2.52 bits per heavy atom. The van der Waals surface area contributed by atoms with Gasteiger partial charge in [0.2, 0.25) is 0 Å². The summed E-state index contributed by atoms with van der Waals surface area (Å²) in [4.78, 5) is 12.6.